The Morgan fingerprint density at radius 2 is 1.75 bits per heavy atom. The molecule has 0 aromatic heterocycles. The van der Waals surface area contributed by atoms with Crippen LogP contribution < -0.4 is 15.4 Å². The Labute approximate surface area is 135 Å². The fourth-order valence-corrected chi connectivity index (χ4v) is 1.82. The lowest BCUT2D eigenvalue weighted by Crippen LogP contribution is -2.21. The van der Waals surface area contributed by atoms with E-state index in [4.69, 9.17) is 4.74 Å². The van der Waals surface area contributed by atoms with E-state index < -0.39 is 30.0 Å². The molecule has 0 fully saturated rings. The van der Waals surface area contributed by atoms with Crippen LogP contribution in [-0.2, 0) is 9.59 Å². The molecular weight excluding hydrogens is 325 g/mol. The van der Waals surface area contributed by atoms with E-state index in [1.165, 1.54) is 19.1 Å². The quantitative estimate of drug-likeness (QED) is 0.880. The molecule has 0 atom stereocenters. The normalized spacial score (nSPS) is 10.2. The maximum absolute atomic E-state index is 13.7. The largest absolute Gasteiger partial charge is 0.481 e. The average molecular weight is 338 g/mol. The zero-order chi connectivity index (χ0) is 17.7. The number of rotatable bonds is 5. The van der Waals surface area contributed by atoms with Crippen molar-refractivity contribution in [2.24, 2.45) is 0 Å². The van der Waals surface area contributed by atoms with Crippen molar-refractivity contribution in [2.75, 3.05) is 17.2 Å². The predicted molar refractivity (Wildman–Crippen MR) is 81.2 cm³/mol. The standard InChI is InChI=1S/C16H13F3N2O3/c1-9(22)20-11-3-4-12(18)14(7-11)21-16(23)8-24-15-5-2-10(17)6-13(15)19/h2-7H,8H2,1H3,(H,20,22)(H,21,23). The molecule has 0 unspecified atom stereocenters. The Morgan fingerprint density at radius 3 is 2.42 bits per heavy atom. The highest BCUT2D eigenvalue weighted by molar-refractivity contribution is 5.94. The molecule has 0 spiro atoms. The Bertz CT molecular complexity index is 781. The molecule has 2 rings (SSSR count). The molecule has 2 N–H and O–H groups in total. The second-order valence-corrected chi connectivity index (χ2v) is 4.79. The first kappa shape index (κ1) is 17.3. The van der Waals surface area contributed by atoms with Crippen LogP contribution in [0.25, 0.3) is 0 Å². The van der Waals surface area contributed by atoms with Crippen molar-refractivity contribution in [3.63, 3.8) is 0 Å². The first-order valence-electron chi connectivity index (χ1n) is 6.80. The SMILES string of the molecule is CC(=O)Nc1ccc(F)c(NC(=O)COc2ccc(F)cc2F)c1. The Kier molecular flexibility index (Phi) is 5.41. The molecule has 0 heterocycles. The highest BCUT2D eigenvalue weighted by Gasteiger charge is 2.11. The van der Waals surface area contributed by atoms with E-state index in [9.17, 15) is 22.8 Å². The number of amides is 2. The minimum absolute atomic E-state index is 0.172. The molecule has 2 aromatic rings. The molecule has 2 aromatic carbocycles. The topological polar surface area (TPSA) is 67.4 Å². The number of carbonyl (C=O) groups is 2. The monoisotopic (exact) mass is 338 g/mol. The van der Waals surface area contributed by atoms with Gasteiger partial charge in [-0.1, -0.05) is 0 Å². The van der Waals surface area contributed by atoms with Crippen LogP contribution in [-0.4, -0.2) is 18.4 Å². The van der Waals surface area contributed by atoms with E-state index in [2.05, 4.69) is 10.6 Å². The van der Waals surface area contributed by atoms with Crippen molar-refractivity contribution < 1.29 is 27.5 Å². The third-order valence-electron chi connectivity index (χ3n) is 2.81. The number of nitrogens with one attached hydrogen (secondary N) is 2. The highest BCUT2D eigenvalue weighted by Crippen LogP contribution is 2.20. The summed E-state index contributed by atoms with van der Waals surface area (Å²) in [6.45, 7) is 0.680. The summed E-state index contributed by atoms with van der Waals surface area (Å²) in [5, 5.41) is 4.68. The van der Waals surface area contributed by atoms with Gasteiger partial charge >= 0.3 is 0 Å². The molecule has 0 bridgehead atoms. The third kappa shape index (κ3) is 4.73. The van der Waals surface area contributed by atoms with Gasteiger partial charge in [0, 0.05) is 18.7 Å². The van der Waals surface area contributed by atoms with E-state index in [-0.39, 0.29) is 17.3 Å². The summed E-state index contributed by atoms with van der Waals surface area (Å²) in [6, 6.07) is 6.26. The van der Waals surface area contributed by atoms with E-state index in [0.29, 0.717) is 11.8 Å². The molecule has 0 aliphatic carbocycles. The number of halogens is 3. The van der Waals surface area contributed by atoms with Gasteiger partial charge < -0.3 is 15.4 Å². The number of hydrogen-bond donors (Lipinski definition) is 2. The fraction of sp³-hybridized carbons (Fsp3) is 0.125. The second kappa shape index (κ2) is 7.49. The Balaban J connectivity index is 2.00. The van der Waals surface area contributed by atoms with Crippen molar-refractivity contribution in [2.45, 2.75) is 6.92 Å². The minimum atomic E-state index is -0.957. The number of hydrogen-bond acceptors (Lipinski definition) is 3. The van der Waals surface area contributed by atoms with Gasteiger partial charge in [0.15, 0.2) is 18.2 Å². The lowest BCUT2D eigenvalue weighted by atomic mass is 10.2. The van der Waals surface area contributed by atoms with Crippen molar-refractivity contribution in [3.05, 3.63) is 53.8 Å². The summed E-state index contributed by atoms with van der Waals surface area (Å²) >= 11 is 0. The molecular formula is C16H13F3N2O3. The van der Waals surface area contributed by atoms with Crippen LogP contribution in [0.5, 0.6) is 5.75 Å². The molecule has 126 valence electrons. The van der Waals surface area contributed by atoms with Crippen LogP contribution in [0.1, 0.15) is 6.92 Å². The third-order valence-corrected chi connectivity index (χ3v) is 2.81. The van der Waals surface area contributed by atoms with E-state index in [1.54, 1.807) is 0 Å². The van der Waals surface area contributed by atoms with Gasteiger partial charge in [-0.2, -0.15) is 0 Å². The van der Waals surface area contributed by atoms with Crippen LogP contribution in [0.15, 0.2) is 36.4 Å². The summed E-state index contributed by atoms with van der Waals surface area (Å²) in [5.74, 6) is -3.86. The van der Waals surface area contributed by atoms with Gasteiger partial charge in [0.1, 0.15) is 11.6 Å². The van der Waals surface area contributed by atoms with Crippen molar-refractivity contribution in [3.8, 4) is 5.75 Å². The van der Waals surface area contributed by atoms with E-state index in [1.807, 2.05) is 0 Å². The van der Waals surface area contributed by atoms with Crippen LogP contribution >= 0.6 is 0 Å². The second-order valence-electron chi connectivity index (χ2n) is 4.79. The first-order chi connectivity index (χ1) is 11.3. The molecule has 0 saturated heterocycles. The van der Waals surface area contributed by atoms with Crippen LogP contribution in [0.3, 0.4) is 0 Å². The number of benzene rings is 2. The molecule has 0 saturated carbocycles. The Morgan fingerprint density at radius 1 is 1.00 bits per heavy atom. The van der Waals surface area contributed by atoms with Gasteiger partial charge in [-0.05, 0) is 30.3 Å². The fourth-order valence-electron chi connectivity index (χ4n) is 1.82. The predicted octanol–water partition coefficient (Wildman–Crippen LogP) is 3.08. The molecule has 0 aliphatic heterocycles. The van der Waals surface area contributed by atoms with Crippen molar-refractivity contribution >= 4 is 23.2 Å². The molecule has 2 amide bonds. The van der Waals surface area contributed by atoms with Crippen LogP contribution in [0.4, 0.5) is 24.5 Å². The van der Waals surface area contributed by atoms with Crippen LogP contribution in [0, 0.1) is 17.5 Å². The smallest absolute Gasteiger partial charge is 0.262 e. The molecule has 24 heavy (non-hydrogen) atoms. The summed E-state index contributed by atoms with van der Waals surface area (Å²) in [6.07, 6.45) is 0. The minimum Gasteiger partial charge on any atom is -0.481 e. The summed E-state index contributed by atoms with van der Waals surface area (Å²) < 4.78 is 44.7. The average Bonchev–Trinajstić information content (AvgIpc) is 2.49. The zero-order valence-electron chi connectivity index (χ0n) is 12.5. The highest BCUT2D eigenvalue weighted by atomic mass is 19.1. The number of anilines is 2. The number of carbonyl (C=O) groups excluding carboxylic acids is 2. The summed E-state index contributed by atoms with van der Waals surface area (Å²) in [5.41, 5.74) is 0.124. The van der Waals surface area contributed by atoms with Gasteiger partial charge in [0.25, 0.3) is 5.91 Å². The summed E-state index contributed by atoms with van der Waals surface area (Å²) in [7, 11) is 0. The van der Waals surface area contributed by atoms with E-state index in [0.717, 1.165) is 18.2 Å². The van der Waals surface area contributed by atoms with Gasteiger partial charge in [-0.15, -0.1) is 0 Å². The first-order valence-corrected chi connectivity index (χ1v) is 6.80. The van der Waals surface area contributed by atoms with Gasteiger partial charge in [-0.3, -0.25) is 9.59 Å². The molecule has 5 nitrogen and oxygen atoms in total. The van der Waals surface area contributed by atoms with Crippen LogP contribution in [0.2, 0.25) is 0 Å². The maximum Gasteiger partial charge on any atom is 0.262 e. The lowest BCUT2D eigenvalue weighted by Gasteiger charge is -2.10. The van der Waals surface area contributed by atoms with Crippen molar-refractivity contribution in [1.82, 2.24) is 0 Å². The Hall–Kier alpha value is -3.03. The maximum atomic E-state index is 13.7. The molecule has 0 aliphatic rings. The molecule has 0 radical (unpaired) electrons. The molecule has 8 heteroatoms. The zero-order valence-corrected chi connectivity index (χ0v) is 12.5. The lowest BCUT2D eigenvalue weighted by molar-refractivity contribution is -0.118. The van der Waals surface area contributed by atoms with Crippen molar-refractivity contribution in [1.29, 1.82) is 0 Å². The van der Waals surface area contributed by atoms with Gasteiger partial charge in [-0.25, -0.2) is 13.2 Å². The van der Waals surface area contributed by atoms with Gasteiger partial charge in [0.2, 0.25) is 5.91 Å². The van der Waals surface area contributed by atoms with E-state index >= 15 is 0 Å². The summed E-state index contributed by atoms with van der Waals surface area (Å²) in [4.78, 5) is 22.7. The number of ether oxygens (including phenoxy) is 1. The van der Waals surface area contributed by atoms with Gasteiger partial charge in [0.05, 0.1) is 5.69 Å².